The Morgan fingerprint density at radius 1 is 1.52 bits per heavy atom. The SMILES string of the molecule is Cc1nccn1C[C@@H](C)CNC(=O)c1ccc([N+](=O)[O-])cc1Cl. The van der Waals surface area contributed by atoms with Gasteiger partial charge in [0.05, 0.1) is 15.5 Å². The highest BCUT2D eigenvalue weighted by atomic mass is 35.5. The summed E-state index contributed by atoms with van der Waals surface area (Å²) in [5, 5.41) is 13.5. The highest BCUT2D eigenvalue weighted by Gasteiger charge is 2.15. The number of aromatic nitrogens is 2. The van der Waals surface area contributed by atoms with Crippen molar-refractivity contribution in [2.24, 2.45) is 5.92 Å². The Morgan fingerprint density at radius 2 is 2.26 bits per heavy atom. The number of nitro benzene ring substituents is 1. The second kappa shape index (κ2) is 7.23. The average Bonchev–Trinajstić information content (AvgIpc) is 2.89. The number of hydrogen-bond donors (Lipinski definition) is 1. The minimum absolute atomic E-state index is 0.0646. The second-order valence-corrected chi connectivity index (χ2v) is 5.77. The van der Waals surface area contributed by atoms with Crippen LogP contribution in [0.2, 0.25) is 5.02 Å². The monoisotopic (exact) mass is 336 g/mol. The standard InChI is InChI=1S/C15H17ClN4O3/c1-10(9-19-6-5-17-11(19)2)8-18-15(21)13-4-3-12(20(22)23)7-14(13)16/h3-7,10H,8-9H2,1-2H3,(H,18,21)/t10-/m0/s1. The zero-order valence-electron chi connectivity index (χ0n) is 12.8. The van der Waals surface area contributed by atoms with E-state index in [1.165, 1.54) is 18.2 Å². The molecular formula is C15H17ClN4O3. The van der Waals surface area contributed by atoms with Crippen molar-refractivity contribution in [3.8, 4) is 0 Å². The summed E-state index contributed by atoms with van der Waals surface area (Å²) in [6.45, 7) is 5.13. The summed E-state index contributed by atoms with van der Waals surface area (Å²) in [6, 6.07) is 3.80. The lowest BCUT2D eigenvalue weighted by Gasteiger charge is -2.14. The number of nitrogens with one attached hydrogen (secondary N) is 1. The first-order valence-corrected chi connectivity index (χ1v) is 7.46. The van der Waals surface area contributed by atoms with E-state index in [9.17, 15) is 14.9 Å². The summed E-state index contributed by atoms with van der Waals surface area (Å²) < 4.78 is 2.01. The minimum Gasteiger partial charge on any atom is -0.352 e. The molecule has 0 bridgehead atoms. The van der Waals surface area contributed by atoms with Crippen molar-refractivity contribution in [3.63, 3.8) is 0 Å². The molecule has 0 saturated carbocycles. The van der Waals surface area contributed by atoms with Crippen molar-refractivity contribution in [2.45, 2.75) is 20.4 Å². The van der Waals surface area contributed by atoms with Gasteiger partial charge in [0, 0.05) is 37.6 Å². The lowest BCUT2D eigenvalue weighted by Crippen LogP contribution is -2.30. The molecule has 0 spiro atoms. The van der Waals surface area contributed by atoms with Crippen LogP contribution in [0.5, 0.6) is 0 Å². The Bertz CT molecular complexity index is 729. The first-order valence-electron chi connectivity index (χ1n) is 7.08. The van der Waals surface area contributed by atoms with E-state index in [2.05, 4.69) is 10.3 Å². The number of rotatable bonds is 6. The van der Waals surface area contributed by atoms with Gasteiger partial charge in [0.15, 0.2) is 0 Å². The van der Waals surface area contributed by atoms with E-state index in [-0.39, 0.29) is 28.1 Å². The number of imidazole rings is 1. The summed E-state index contributed by atoms with van der Waals surface area (Å²) in [5.41, 5.74) is 0.0822. The predicted molar refractivity (Wildman–Crippen MR) is 86.6 cm³/mol. The molecule has 1 aromatic heterocycles. The maximum Gasteiger partial charge on any atom is 0.270 e. The Balaban J connectivity index is 1.94. The van der Waals surface area contributed by atoms with E-state index in [4.69, 9.17) is 11.6 Å². The third-order valence-corrected chi connectivity index (χ3v) is 3.76. The molecule has 1 aromatic carbocycles. The van der Waals surface area contributed by atoms with Crippen LogP contribution in [0.3, 0.4) is 0 Å². The third-order valence-electron chi connectivity index (χ3n) is 3.45. The van der Waals surface area contributed by atoms with Gasteiger partial charge in [-0.2, -0.15) is 0 Å². The summed E-state index contributed by atoms with van der Waals surface area (Å²) in [5.74, 6) is 0.768. The largest absolute Gasteiger partial charge is 0.352 e. The number of nitrogens with zero attached hydrogens (tertiary/aromatic N) is 3. The number of aryl methyl sites for hydroxylation is 1. The first kappa shape index (κ1) is 17.0. The molecule has 0 fully saturated rings. The van der Waals surface area contributed by atoms with Gasteiger partial charge in [0.1, 0.15) is 5.82 Å². The summed E-state index contributed by atoms with van der Waals surface area (Å²) in [6.07, 6.45) is 3.62. The van der Waals surface area contributed by atoms with E-state index in [0.29, 0.717) is 6.54 Å². The van der Waals surface area contributed by atoms with Gasteiger partial charge in [-0.15, -0.1) is 0 Å². The van der Waals surface area contributed by atoms with Crippen LogP contribution < -0.4 is 5.32 Å². The maximum absolute atomic E-state index is 12.1. The number of non-ortho nitro benzene ring substituents is 1. The van der Waals surface area contributed by atoms with E-state index >= 15 is 0 Å². The van der Waals surface area contributed by atoms with Crippen LogP contribution in [-0.4, -0.2) is 26.9 Å². The van der Waals surface area contributed by atoms with E-state index in [1.807, 2.05) is 24.6 Å². The lowest BCUT2D eigenvalue weighted by atomic mass is 10.1. The number of carbonyl (C=O) groups excluding carboxylic acids is 1. The molecule has 1 atom stereocenters. The minimum atomic E-state index is -0.552. The molecule has 0 unspecified atom stereocenters. The smallest absolute Gasteiger partial charge is 0.270 e. The quantitative estimate of drug-likeness (QED) is 0.648. The highest BCUT2D eigenvalue weighted by molar-refractivity contribution is 6.34. The van der Waals surface area contributed by atoms with Crippen molar-refractivity contribution in [1.82, 2.24) is 14.9 Å². The van der Waals surface area contributed by atoms with Gasteiger partial charge in [-0.25, -0.2) is 4.98 Å². The fraction of sp³-hybridized carbons (Fsp3) is 0.333. The maximum atomic E-state index is 12.1. The molecule has 1 heterocycles. The number of amides is 1. The van der Waals surface area contributed by atoms with Crippen LogP contribution >= 0.6 is 11.6 Å². The fourth-order valence-corrected chi connectivity index (χ4v) is 2.42. The molecule has 0 aliphatic rings. The normalized spacial score (nSPS) is 12.0. The molecule has 0 aliphatic heterocycles. The molecular weight excluding hydrogens is 320 g/mol. The van der Waals surface area contributed by atoms with Gasteiger partial charge in [0.2, 0.25) is 0 Å². The topological polar surface area (TPSA) is 90.1 Å². The van der Waals surface area contributed by atoms with Gasteiger partial charge < -0.3 is 9.88 Å². The van der Waals surface area contributed by atoms with Crippen LogP contribution in [0.4, 0.5) is 5.69 Å². The van der Waals surface area contributed by atoms with Gasteiger partial charge in [-0.1, -0.05) is 18.5 Å². The zero-order valence-corrected chi connectivity index (χ0v) is 13.6. The molecule has 0 radical (unpaired) electrons. The van der Waals surface area contributed by atoms with Crippen LogP contribution in [0.25, 0.3) is 0 Å². The molecule has 0 saturated heterocycles. The molecule has 23 heavy (non-hydrogen) atoms. The molecule has 1 N–H and O–H groups in total. The predicted octanol–water partition coefficient (Wildman–Crippen LogP) is 2.82. The van der Waals surface area contributed by atoms with Gasteiger partial charge in [-0.3, -0.25) is 14.9 Å². The first-order chi connectivity index (χ1) is 10.9. The molecule has 7 nitrogen and oxygen atoms in total. The molecule has 2 rings (SSSR count). The van der Waals surface area contributed by atoms with Crippen molar-refractivity contribution >= 4 is 23.2 Å². The fourth-order valence-electron chi connectivity index (χ4n) is 2.16. The molecule has 122 valence electrons. The van der Waals surface area contributed by atoms with Crippen LogP contribution in [0.15, 0.2) is 30.6 Å². The summed E-state index contributed by atoms with van der Waals surface area (Å²) in [4.78, 5) is 26.4. The molecule has 8 heteroatoms. The van der Waals surface area contributed by atoms with Crippen molar-refractivity contribution in [1.29, 1.82) is 0 Å². The van der Waals surface area contributed by atoms with Crippen molar-refractivity contribution in [3.05, 3.63) is 57.1 Å². The van der Waals surface area contributed by atoms with E-state index in [1.54, 1.807) is 6.20 Å². The highest BCUT2D eigenvalue weighted by Crippen LogP contribution is 2.22. The number of nitro groups is 1. The Hall–Kier alpha value is -2.41. The Kier molecular flexibility index (Phi) is 5.33. The Labute approximate surface area is 138 Å². The number of benzene rings is 1. The van der Waals surface area contributed by atoms with Crippen LogP contribution in [-0.2, 0) is 6.54 Å². The third kappa shape index (κ3) is 4.29. The zero-order chi connectivity index (χ0) is 17.0. The summed E-state index contributed by atoms with van der Waals surface area (Å²) in [7, 11) is 0. The van der Waals surface area contributed by atoms with Gasteiger partial charge in [-0.05, 0) is 18.9 Å². The second-order valence-electron chi connectivity index (χ2n) is 5.36. The molecule has 1 amide bonds. The van der Waals surface area contributed by atoms with Gasteiger partial charge in [0.25, 0.3) is 11.6 Å². The number of carbonyl (C=O) groups is 1. The molecule has 0 aliphatic carbocycles. The number of halogens is 1. The van der Waals surface area contributed by atoms with Crippen LogP contribution in [0.1, 0.15) is 23.1 Å². The van der Waals surface area contributed by atoms with E-state index in [0.717, 1.165) is 12.4 Å². The van der Waals surface area contributed by atoms with E-state index < -0.39 is 4.92 Å². The lowest BCUT2D eigenvalue weighted by molar-refractivity contribution is -0.384. The Morgan fingerprint density at radius 3 is 2.83 bits per heavy atom. The average molecular weight is 337 g/mol. The van der Waals surface area contributed by atoms with Crippen molar-refractivity contribution < 1.29 is 9.72 Å². The number of hydrogen-bond acceptors (Lipinski definition) is 4. The van der Waals surface area contributed by atoms with Crippen molar-refractivity contribution in [2.75, 3.05) is 6.54 Å². The van der Waals surface area contributed by atoms with Gasteiger partial charge >= 0.3 is 0 Å². The summed E-state index contributed by atoms with van der Waals surface area (Å²) >= 11 is 5.94. The van der Waals surface area contributed by atoms with Crippen LogP contribution in [0, 0.1) is 23.0 Å². The molecule has 2 aromatic rings.